The SMILES string of the molecule is Cl.O=c1[nH]c2c(O)ccc(CCNCCCCCCOCCc3ccccc3)c2[nH]1. The third-order valence-electron chi connectivity index (χ3n) is 5.09. The van der Waals surface area contributed by atoms with Crippen LogP contribution < -0.4 is 11.0 Å². The van der Waals surface area contributed by atoms with E-state index >= 15 is 0 Å². The largest absolute Gasteiger partial charge is 0.506 e. The lowest BCUT2D eigenvalue weighted by molar-refractivity contribution is 0.133. The highest BCUT2D eigenvalue weighted by Gasteiger charge is 2.08. The van der Waals surface area contributed by atoms with E-state index in [0.717, 1.165) is 57.6 Å². The predicted octanol–water partition coefficient (Wildman–Crippen LogP) is 3.94. The molecule has 4 N–H and O–H groups in total. The van der Waals surface area contributed by atoms with E-state index in [1.807, 2.05) is 12.1 Å². The van der Waals surface area contributed by atoms with Gasteiger partial charge in [-0.1, -0.05) is 49.2 Å². The molecule has 30 heavy (non-hydrogen) atoms. The minimum absolute atomic E-state index is 0. The molecular weight excluding hydrogens is 402 g/mol. The summed E-state index contributed by atoms with van der Waals surface area (Å²) in [5.74, 6) is 0.0964. The molecule has 6 nitrogen and oxygen atoms in total. The maximum absolute atomic E-state index is 11.5. The van der Waals surface area contributed by atoms with Crippen molar-refractivity contribution in [3.63, 3.8) is 0 Å². The van der Waals surface area contributed by atoms with Gasteiger partial charge in [-0.3, -0.25) is 0 Å². The lowest BCUT2D eigenvalue weighted by Crippen LogP contribution is -2.18. The Bertz CT molecular complexity index is 924. The van der Waals surface area contributed by atoms with Gasteiger partial charge in [0.25, 0.3) is 0 Å². The van der Waals surface area contributed by atoms with Crippen molar-refractivity contribution in [2.75, 3.05) is 26.3 Å². The fourth-order valence-corrected chi connectivity index (χ4v) is 3.46. The van der Waals surface area contributed by atoms with E-state index in [0.29, 0.717) is 11.0 Å². The molecule has 0 aliphatic carbocycles. The maximum Gasteiger partial charge on any atom is 0.323 e. The fourth-order valence-electron chi connectivity index (χ4n) is 3.46. The zero-order valence-corrected chi connectivity index (χ0v) is 18.1. The van der Waals surface area contributed by atoms with Crippen LogP contribution in [0.4, 0.5) is 0 Å². The summed E-state index contributed by atoms with van der Waals surface area (Å²) in [4.78, 5) is 16.9. The Morgan fingerprint density at radius 3 is 2.43 bits per heavy atom. The molecule has 1 aromatic heterocycles. The number of H-pyrrole nitrogens is 2. The second-order valence-electron chi connectivity index (χ2n) is 7.34. The van der Waals surface area contributed by atoms with Gasteiger partial charge >= 0.3 is 5.69 Å². The second-order valence-corrected chi connectivity index (χ2v) is 7.34. The number of phenols is 1. The van der Waals surface area contributed by atoms with Crippen LogP contribution in [0.25, 0.3) is 11.0 Å². The first-order valence-electron chi connectivity index (χ1n) is 10.5. The number of ether oxygens (including phenoxy) is 1. The molecule has 2 aromatic carbocycles. The average molecular weight is 434 g/mol. The summed E-state index contributed by atoms with van der Waals surface area (Å²) in [5, 5.41) is 13.3. The van der Waals surface area contributed by atoms with Crippen molar-refractivity contribution in [1.29, 1.82) is 0 Å². The summed E-state index contributed by atoms with van der Waals surface area (Å²) in [6, 6.07) is 13.9. The zero-order chi connectivity index (χ0) is 20.3. The summed E-state index contributed by atoms with van der Waals surface area (Å²) < 4.78 is 5.72. The zero-order valence-electron chi connectivity index (χ0n) is 17.3. The summed E-state index contributed by atoms with van der Waals surface area (Å²) in [7, 11) is 0. The normalized spacial score (nSPS) is 10.9. The van der Waals surface area contributed by atoms with E-state index in [2.05, 4.69) is 39.6 Å². The first-order valence-corrected chi connectivity index (χ1v) is 10.5. The molecule has 3 aromatic rings. The van der Waals surface area contributed by atoms with Gasteiger partial charge in [0, 0.05) is 6.61 Å². The smallest absolute Gasteiger partial charge is 0.323 e. The first kappa shape index (κ1) is 24.0. The molecule has 0 unspecified atom stereocenters. The maximum atomic E-state index is 11.5. The number of hydrogen-bond acceptors (Lipinski definition) is 4. The van der Waals surface area contributed by atoms with E-state index in [-0.39, 0.29) is 23.8 Å². The van der Waals surface area contributed by atoms with Crippen LogP contribution in [0.2, 0.25) is 0 Å². The van der Waals surface area contributed by atoms with Crippen molar-refractivity contribution in [2.24, 2.45) is 0 Å². The van der Waals surface area contributed by atoms with Crippen LogP contribution in [-0.2, 0) is 17.6 Å². The third-order valence-corrected chi connectivity index (χ3v) is 5.09. The first-order chi connectivity index (χ1) is 14.2. The number of aromatic hydroxyl groups is 1. The summed E-state index contributed by atoms with van der Waals surface area (Å²) in [6.07, 6.45) is 6.44. The molecule has 0 saturated carbocycles. The monoisotopic (exact) mass is 433 g/mol. The number of fused-ring (bicyclic) bond motifs is 1. The van der Waals surface area contributed by atoms with Crippen molar-refractivity contribution in [3.05, 3.63) is 64.1 Å². The molecule has 0 aliphatic rings. The van der Waals surface area contributed by atoms with Crippen LogP contribution in [0.15, 0.2) is 47.3 Å². The van der Waals surface area contributed by atoms with E-state index in [1.54, 1.807) is 6.07 Å². The molecule has 0 atom stereocenters. The molecule has 0 spiro atoms. The van der Waals surface area contributed by atoms with Crippen molar-refractivity contribution < 1.29 is 9.84 Å². The number of phenolic OH excluding ortho intramolecular Hbond substituents is 1. The van der Waals surface area contributed by atoms with Gasteiger partial charge in [-0.2, -0.15) is 0 Å². The fraction of sp³-hybridized carbons (Fsp3) is 0.435. The van der Waals surface area contributed by atoms with Crippen LogP contribution in [0.3, 0.4) is 0 Å². The van der Waals surface area contributed by atoms with Crippen LogP contribution in [0, 0.1) is 0 Å². The molecule has 0 fully saturated rings. The highest BCUT2D eigenvalue weighted by Crippen LogP contribution is 2.23. The Morgan fingerprint density at radius 2 is 1.60 bits per heavy atom. The van der Waals surface area contributed by atoms with Gasteiger partial charge in [-0.25, -0.2) is 4.79 Å². The molecule has 0 radical (unpaired) electrons. The number of imidazole rings is 1. The van der Waals surface area contributed by atoms with Gasteiger partial charge in [0.15, 0.2) is 0 Å². The molecular formula is C23H32ClN3O3. The van der Waals surface area contributed by atoms with Crippen molar-refractivity contribution in [2.45, 2.75) is 38.5 Å². The standard InChI is InChI=1S/C23H31N3O3.ClH/c27-20-11-10-19(21-22(20)26-23(28)25-21)12-15-24-14-6-1-2-7-16-29-17-13-18-8-4-3-5-9-18;/h3-5,8-11,24,27H,1-2,6-7,12-17H2,(H2,25,26,28);1H. The Balaban J connectivity index is 0.00000320. The van der Waals surface area contributed by atoms with Gasteiger partial charge in [-0.15, -0.1) is 12.4 Å². The average Bonchev–Trinajstić information content (AvgIpc) is 3.13. The van der Waals surface area contributed by atoms with Crippen LogP contribution >= 0.6 is 12.4 Å². The highest BCUT2D eigenvalue weighted by molar-refractivity contribution is 5.85. The van der Waals surface area contributed by atoms with Crippen LogP contribution in [-0.4, -0.2) is 41.4 Å². The summed E-state index contributed by atoms with van der Waals surface area (Å²) in [5.41, 5.74) is 3.24. The Hall–Kier alpha value is -2.28. The lowest BCUT2D eigenvalue weighted by atomic mass is 10.1. The van der Waals surface area contributed by atoms with Gasteiger partial charge < -0.3 is 25.1 Å². The number of aromatic nitrogens is 2. The minimum atomic E-state index is -0.292. The number of hydrogen-bond donors (Lipinski definition) is 4. The number of benzene rings is 2. The molecule has 0 aliphatic heterocycles. The van der Waals surface area contributed by atoms with E-state index < -0.39 is 0 Å². The Labute approximate surface area is 183 Å². The van der Waals surface area contributed by atoms with E-state index in [1.165, 1.54) is 18.4 Å². The quantitative estimate of drug-likeness (QED) is 0.307. The third kappa shape index (κ3) is 7.52. The molecule has 0 bridgehead atoms. The molecule has 164 valence electrons. The van der Waals surface area contributed by atoms with Crippen molar-refractivity contribution in [3.8, 4) is 5.75 Å². The molecule has 0 amide bonds. The Morgan fingerprint density at radius 1 is 0.833 bits per heavy atom. The number of nitrogens with one attached hydrogen (secondary N) is 3. The van der Waals surface area contributed by atoms with Crippen LogP contribution in [0.5, 0.6) is 5.75 Å². The minimum Gasteiger partial charge on any atom is -0.506 e. The number of halogens is 1. The van der Waals surface area contributed by atoms with E-state index in [9.17, 15) is 9.90 Å². The highest BCUT2D eigenvalue weighted by atomic mass is 35.5. The molecule has 1 heterocycles. The van der Waals surface area contributed by atoms with Gasteiger partial charge in [-0.05, 0) is 56.0 Å². The van der Waals surface area contributed by atoms with Crippen molar-refractivity contribution in [1.82, 2.24) is 15.3 Å². The number of rotatable bonds is 13. The predicted molar refractivity (Wildman–Crippen MR) is 124 cm³/mol. The summed E-state index contributed by atoms with van der Waals surface area (Å²) >= 11 is 0. The Kier molecular flexibility index (Phi) is 10.5. The number of unbranched alkanes of at least 4 members (excludes halogenated alkanes) is 3. The van der Waals surface area contributed by atoms with Gasteiger partial charge in [0.05, 0.1) is 12.1 Å². The van der Waals surface area contributed by atoms with Gasteiger partial charge in [0.1, 0.15) is 11.3 Å². The topological polar surface area (TPSA) is 90.1 Å². The summed E-state index contributed by atoms with van der Waals surface area (Å²) in [6.45, 7) is 3.46. The molecule has 7 heteroatoms. The number of aromatic amines is 2. The second kappa shape index (κ2) is 13.1. The lowest BCUT2D eigenvalue weighted by Gasteiger charge is -2.07. The van der Waals surface area contributed by atoms with Crippen LogP contribution in [0.1, 0.15) is 36.8 Å². The molecule has 3 rings (SSSR count). The van der Waals surface area contributed by atoms with E-state index in [4.69, 9.17) is 4.74 Å². The van der Waals surface area contributed by atoms with Crippen molar-refractivity contribution >= 4 is 23.4 Å². The van der Waals surface area contributed by atoms with Gasteiger partial charge in [0.2, 0.25) is 0 Å². The molecule has 0 saturated heterocycles.